The molecule has 0 bridgehead atoms. The summed E-state index contributed by atoms with van der Waals surface area (Å²) in [5.74, 6) is 0.594. The molecule has 1 aliphatic rings. The molecule has 0 aromatic heterocycles. The Morgan fingerprint density at radius 3 is 2.78 bits per heavy atom. The maximum atomic E-state index is 10.9. The summed E-state index contributed by atoms with van der Waals surface area (Å²) in [6, 6.07) is 5.03. The van der Waals surface area contributed by atoms with Gasteiger partial charge in [0.2, 0.25) is 0 Å². The van der Waals surface area contributed by atoms with E-state index in [1.807, 2.05) is 6.92 Å². The molecule has 0 spiro atoms. The molecular weight excluding hydrogens is 228 g/mol. The second-order valence-electron chi connectivity index (χ2n) is 5.07. The largest absolute Gasteiger partial charge is 0.493 e. The van der Waals surface area contributed by atoms with Crippen LogP contribution in [-0.4, -0.2) is 17.7 Å². The smallest absolute Gasteiger partial charge is 0.335 e. The number of hydrogen-bond acceptors (Lipinski definition) is 2. The third-order valence-corrected chi connectivity index (χ3v) is 3.69. The molecule has 3 heteroatoms. The van der Waals surface area contributed by atoms with Crippen molar-refractivity contribution < 1.29 is 14.6 Å². The van der Waals surface area contributed by atoms with Gasteiger partial charge in [0.25, 0.3) is 0 Å². The highest BCUT2D eigenvalue weighted by atomic mass is 16.5. The SMILES string of the molecule is Cc1ccc(C(=O)O)cc1OCCC1CCCC1. The van der Waals surface area contributed by atoms with E-state index in [4.69, 9.17) is 9.84 Å². The lowest BCUT2D eigenvalue weighted by Crippen LogP contribution is -2.05. The van der Waals surface area contributed by atoms with Crippen molar-refractivity contribution in [3.63, 3.8) is 0 Å². The summed E-state index contributed by atoms with van der Waals surface area (Å²) in [6.45, 7) is 2.63. The summed E-state index contributed by atoms with van der Waals surface area (Å²) in [6.07, 6.45) is 6.40. The van der Waals surface area contributed by atoms with Crippen LogP contribution in [0.1, 0.15) is 48.0 Å². The number of aryl methyl sites for hydroxylation is 1. The van der Waals surface area contributed by atoms with Crippen molar-refractivity contribution in [2.45, 2.75) is 39.0 Å². The lowest BCUT2D eigenvalue weighted by molar-refractivity contribution is 0.0696. The average Bonchev–Trinajstić information content (AvgIpc) is 2.84. The minimum atomic E-state index is -0.907. The highest BCUT2D eigenvalue weighted by Crippen LogP contribution is 2.28. The van der Waals surface area contributed by atoms with Crippen molar-refractivity contribution in [1.82, 2.24) is 0 Å². The van der Waals surface area contributed by atoms with Crippen LogP contribution in [0, 0.1) is 12.8 Å². The Balaban J connectivity index is 1.91. The van der Waals surface area contributed by atoms with Crippen molar-refractivity contribution in [3.8, 4) is 5.75 Å². The number of hydrogen-bond donors (Lipinski definition) is 1. The third kappa shape index (κ3) is 3.25. The van der Waals surface area contributed by atoms with Crippen LogP contribution < -0.4 is 4.74 Å². The first-order valence-corrected chi connectivity index (χ1v) is 6.63. The van der Waals surface area contributed by atoms with E-state index in [0.29, 0.717) is 12.4 Å². The van der Waals surface area contributed by atoms with Crippen LogP contribution >= 0.6 is 0 Å². The maximum absolute atomic E-state index is 10.9. The molecule has 18 heavy (non-hydrogen) atoms. The third-order valence-electron chi connectivity index (χ3n) is 3.69. The summed E-state index contributed by atoms with van der Waals surface area (Å²) in [5.41, 5.74) is 1.28. The van der Waals surface area contributed by atoms with Gasteiger partial charge in [-0.25, -0.2) is 4.79 Å². The van der Waals surface area contributed by atoms with Crippen molar-refractivity contribution in [1.29, 1.82) is 0 Å². The zero-order valence-electron chi connectivity index (χ0n) is 10.8. The minimum Gasteiger partial charge on any atom is -0.493 e. The van der Waals surface area contributed by atoms with Gasteiger partial charge in [-0.2, -0.15) is 0 Å². The minimum absolute atomic E-state index is 0.288. The van der Waals surface area contributed by atoms with E-state index in [1.54, 1.807) is 18.2 Å². The molecule has 1 aromatic rings. The number of carboxylic acids is 1. The van der Waals surface area contributed by atoms with Gasteiger partial charge < -0.3 is 9.84 Å². The van der Waals surface area contributed by atoms with Crippen molar-refractivity contribution >= 4 is 5.97 Å². The Kier molecular flexibility index (Phi) is 4.24. The molecular formula is C15H20O3. The standard InChI is InChI=1S/C15H20O3/c1-11-6-7-13(15(16)17)10-14(11)18-9-8-12-4-2-3-5-12/h6-7,10,12H,2-5,8-9H2,1H3,(H,16,17). The van der Waals surface area contributed by atoms with Crippen LogP contribution in [0.15, 0.2) is 18.2 Å². The molecule has 1 saturated carbocycles. The number of benzene rings is 1. The lowest BCUT2D eigenvalue weighted by Gasteiger charge is -2.12. The van der Waals surface area contributed by atoms with Gasteiger partial charge in [-0.1, -0.05) is 31.7 Å². The van der Waals surface area contributed by atoms with E-state index in [-0.39, 0.29) is 5.56 Å². The summed E-state index contributed by atoms with van der Waals surface area (Å²) < 4.78 is 5.73. The van der Waals surface area contributed by atoms with Crippen molar-refractivity contribution in [2.24, 2.45) is 5.92 Å². The number of rotatable bonds is 5. The van der Waals surface area contributed by atoms with Crippen molar-refractivity contribution in [2.75, 3.05) is 6.61 Å². The van der Waals surface area contributed by atoms with Crippen LogP contribution in [0.3, 0.4) is 0 Å². The van der Waals surface area contributed by atoms with E-state index < -0.39 is 5.97 Å². The second-order valence-corrected chi connectivity index (χ2v) is 5.07. The summed E-state index contributed by atoms with van der Waals surface area (Å²) in [5, 5.41) is 8.94. The number of ether oxygens (including phenoxy) is 1. The molecule has 0 saturated heterocycles. The summed E-state index contributed by atoms with van der Waals surface area (Å²) >= 11 is 0. The van der Waals surface area contributed by atoms with Gasteiger partial charge >= 0.3 is 5.97 Å². The summed E-state index contributed by atoms with van der Waals surface area (Å²) in [7, 11) is 0. The highest BCUT2D eigenvalue weighted by molar-refractivity contribution is 5.88. The molecule has 0 amide bonds. The summed E-state index contributed by atoms with van der Waals surface area (Å²) in [4.78, 5) is 10.9. The van der Waals surface area contributed by atoms with E-state index >= 15 is 0 Å². The normalized spacial score (nSPS) is 15.8. The number of carbonyl (C=O) groups is 1. The van der Waals surface area contributed by atoms with E-state index in [0.717, 1.165) is 17.9 Å². The molecule has 2 rings (SSSR count). The topological polar surface area (TPSA) is 46.5 Å². The zero-order valence-corrected chi connectivity index (χ0v) is 10.8. The van der Waals surface area contributed by atoms with Crippen LogP contribution in [0.2, 0.25) is 0 Å². The molecule has 0 aliphatic heterocycles. The van der Waals surface area contributed by atoms with E-state index in [1.165, 1.54) is 25.7 Å². The van der Waals surface area contributed by atoms with Gasteiger partial charge in [0.1, 0.15) is 5.75 Å². The molecule has 1 aromatic carbocycles. The quantitative estimate of drug-likeness (QED) is 0.865. The Labute approximate surface area is 108 Å². The first-order chi connectivity index (χ1) is 8.66. The van der Waals surface area contributed by atoms with Gasteiger partial charge in [-0.05, 0) is 37.0 Å². The molecule has 0 heterocycles. The highest BCUT2D eigenvalue weighted by Gasteiger charge is 2.15. The Morgan fingerprint density at radius 1 is 1.39 bits per heavy atom. The van der Waals surface area contributed by atoms with Crippen LogP contribution in [0.4, 0.5) is 0 Å². The van der Waals surface area contributed by atoms with E-state index in [9.17, 15) is 4.79 Å². The predicted octanol–water partition coefficient (Wildman–Crippen LogP) is 3.65. The second kappa shape index (κ2) is 5.89. The Bertz CT molecular complexity index is 420. The van der Waals surface area contributed by atoms with Crippen LogP contribution in [0.5, 0.6) is 5.75 Å². The molecule has 3 nitrogen and oxygen atoms in total. The van der Waals surface area contributed by atoms with Gasteiger partial charge in [-0.3, -0.25) is 0 Å². The molecule has 98 valence electrons. The van der Waals surface area contributed by atoms with Gasteiger partial charge in [-0.15, -0.1) is 0 Å². The van der Waals surface area contributed by atoms with Gasteiger partial charge in [0.15, 0.2) is 0 Å². The fourth-order valence-electron chi connectivity index (χ4n) is 2.52. The average molecular weight is 248 g/mol. The molecule has 1 N–H and O–H groups in total. The first-order valence-electron chi connectivity index (χ1n) is 6.63. The molecule has 1 aliphatic carbocycles. The van der Waals surface area contributed by atoms with Gasteiger partial charge in [0.05, 0.1) is 12.2 Å². The van der Waals surface area contributed by atoms with E-state index in [2.05, 4.69) is 0 Å². The Morgan fingerprint density at radius 2 is 2.11 bits per heavy atom. The van der Waals surface area contributed by atoms with Crippen LogP contribution in [0.25, 0.3) is 0 Å². The molecule has 0 atom stereocenters. The first kappa shape index (κ1) is 12.9. The van der Waals surface area contributed by atoms with Gasteiger partial charge in [0, 0.05) is 0 Å². The molecule has 0 radical (unpaired) electrons. The molecule has 1 fully saturated rings. The fraction of sp³-hybridized carbons (Fsp3) is 0.533. The number of aromatic carboxylic acids is 1. The number of carboxylic acid groups (broad SMARTS) is 1. The zero-order chi connectivity index (χ0) is 13.0. The predicted molar refractivity (Wildman–Crippen MR) is 70.2 cm³/mol. The lowest BCUT2D eigenvalue weighted by atomic mass is 10.1. The van der Waals surface area contributed by atoms with Crippen LogP contribution in [-0.2, 0) is 0 Å². The fourth-order valence-corrected chi connectivity index (χ4v) is 2.52. The van der Waals surface area contributed by atoms with Crippen molar-refractivity contribution in [3.05, 3.63) is 29.3 Å². The Hall–Kier alpha value is -1.51. The monoisotopic (exact) mass is 248 g/mol. The maximum Gasteiger partial charge on any atom is 0.335 e. The molecule has 0 unspecified atom stereocenters.